The largest absolute Gasteiger partial charge is 0.401 e. The van der Waals surface area contributed by atoms with Gasteiger partial charge in [0, 0.05) is 18.1 Å². The van der Waals surface area contributed by atoms with Gasteiger partial charge in [-0.15, -0.1) is 0 Å². The zero-order chi connectivity index (χ0) is 23.1. The number of carbonyl (C=O) groups is 2. The van der Waals surface area contributed by atoms with Crippen molar-refractivity contribution in [2.75, 3.05) is 19.6 Å². The maximum absolute atomic E-state index is 13.7. The smallest absolute Gasteiger partial charge is 0.368 e. The normalized spacial score (nSPS) is 29.8. The number of nitrogens with two attached hydrogens (primary N) is 1. The van der Waals surface area contributed by atoms with E-state index in [9.17, 15) is 27.2 Å². The molecule has 3 rings (SSSR count). The molecule has 11 heteroatoms. The number of urea groups is 1. The van der Waals surface area contributed by atoms with Gasteiger partial charge in [-0.25, -0.2) is 9.18 Å². The molecule has 2 heterocycles. The average Bonchev–Trinajstić information content (AvgIpc) is 3.01. The molecule has 4 atom stereocenters. The van der Waals surface area contributed by atoms with Crippen molar-refractivity contribution >= 4 is 23.5 Å². The molecule has 0 aliphatic carbocycles. The number of hydrogen-bond acceptors (Lipinski definition) is 3. The van der Waals surface area contributed by atoms with Crippen LogP contribution in [0.2, 0.25) is 5.02 Å². The Morgan fingerprint density at radius 3 is 2.61 bits per heavy atom. The second-order valence-electron chi connectivity index (χ2n) is 8.61. The molecule has 0 aromatic heterocycles. The Bertz CT molecular complexity index is 868. The average molecular weight is 465 g/mol. The van der Waals surface area contributed by atoms with Gasteiger partial charge in [-0.3, -0.25) is 9.69 Å². The quantitative estimate of drug-likeness (QED) is 0.657. The molecular weight excluding hydrogens is 440 g/mol. The fourth-order valence-electron chi connectivity index (χ4n) is 4.86. The van der Waals surface area contributed by atoms with E-state index in [2.05, 4.69) is 5.32 Å². The highest BCUT2D eigenvalue weighted by molar-refractivity contribution is 6.30. The first-order valence-electron chi connectivity index (χ1n) is 9.94. The third kappa shape index (κ3) is 5.06. The van der Waals surface area contributed by atoms with E-state index >= 15 is 0 Å². The summed E-state index contributed by atoms with van der Waals surface area (Å²) in [5, 5.41) is 2.34. The molecule has 1 aromatic carbocycles. The number of benzene rings is 1. The van der Waals surface area contributed by atoms with Gasteiger partial charge in [-0.2, -0.15) is 13.2 Å². The summed E-state index contributed by atoms with van der Waals surface area (Å²) in [5.41, 5.74) is 4.65. The lowest BCUT2D eigenvalue weighted by Gasteiger charge is -2.52. The lowest BCUT2D eigenvalue weighted by molar-refractivity contribution is -0.175. The van der Waals surface area contributed by atoms with Gasteiger partial charge in [0.1, 0.15) is 11.9 Å². The molecule has 1 unspecified atom stereocenters. The minimum absolute atomic E-state index is 0.115. The fraction of sp³-hybridized carbons (Fsp3) is 0.600. The summed E-state index contributed by atoms with van der Waals surface area (Å²) in [6.45, 7) is 2.65. The highest BCUT2D eigenvalue weighted by Gasteiger charge is 2.48. The van der Waals surface area contributed by atoms with Crippen molar-refractivity contribution in [3.05, 3.63) is 34.6 Å². The number of likely N-dealkylation sites (tertiary alicyclic amines) is 1. The number of nitrogens with one attached hydrogen (secondary N) is 1. The van der Waals surface area contributed by atoms with Crippen LogP contribution < -0.4 is 11.1 Å². The zero-order valence-electron chi connectivity index (χ0n) is 17.2. The first-order valence-corrected chi connectivity index (χ1v) is 10.3. The Morgan fingerprint density at radius 2 is 2.06 bits per heavy atom. The van der Waals surface area contributed by atoms with Gasteiger partial charge < -0.3 is 16.0 Å². The third-order valence-electron chi connectivity index (χ3n) is 6.23. The Morgan fingerprint density at radius 1 is 1.39 bits per heavy atom. The molecule has 1 aromatic rings. The number of halogens is 5. The van der Waals surface area contributed by atoms with Crippen molar-refractivity contribution in [1.82, 2.24) is 15.1 Å². The maximum Gasteiger partial charge on any atom is 0.401 e. The summed E-state index contributed by atoms with van der Waals surface area (Å²) in [6.07, 6.45) is -3.71. The molecule has 3 amide bonds. The molecule has 0 bridgehead atoms. The third-order valence-corrected chi connectivity index (χ3v) is 6.52. The lowest BCUT2D eigenvalue weighted by Crippen LogP contribution is -2.58. The molecular formula is C20H25ClF4N4O2. The molecule has 0 radical (unpaired) electrons. The van der Waals surface area contributed by atoms with E-state index in [1.54, 1.807) is 13.8 Å². The minimum Gasteiger partial charge on any atom is -0.368 e. The summed E-state index contributed by atoms with van der Waals surface area (Å²) in [7, 11) is 0. The van der Waals surface area contributed by atoms with Crippen LogP contribution >= 0.6 is 11.6 Å². The van der Waals surface area contributed by atoms with Gasteiger partial charge in [-0.1, -0.05) is 17.7 Å². The molecule has 172 valence electrons. The van der Waals surface area contributed by atoms with Crippen molar-refractivity contribution in [3.63, 3.8) is 0 Å². The number of primary amides is 1. The van der Waals surface area contributed by atoms with Crippen LogP contribution in [-0.4, -0.2) is 59.6 Å². The van der Waals surface area contributed by atoms with Crippen molar-refractivity contribution < 1.29 is 27.2 Å². The highest BCUT2D eigenvalue weighted by atomic mass is 35.5. The summed E-state index contributed by atoms with van der Waals surface area (Å²) in [5.74, 6) is -1.44. The van der Waals surface area contributed by atoms with Crippen LogP contribution in [0.25, 0.3) is 0 Å². The van der Waals surface area contributed by atoms with Crippen LogP contribution in [0, 0.1) is 11.7 Å². The molecule has 2 fully saturated rings. The van der Waals surface area contributed by atoms with E-state index < -0.39 is 48.1 Å². The zero-order valence-corrected chi connectivity index (χ0v) is 17.9. The monoisotopic (exact) mass is 464 g/mol. The van der Waals surface area contributed by atoms with Crippen LogP contribution in [0.15, 0.2) is 18.2 Å². The molecule has 2 aliphatic heterocycles. The van der Waals surface area contributed by atoms with Gasteiger partial charge in [0.05, 0.1) is 18.1 Å². The lowest BCUT2D eigenvalue weighted by atomic mass is 9.74. The van der Waals surface area contributed by atoms with Gasteiger partial charge in [0.15, 0.2) is 0 Å². The molecule has 0 saturated carbocycles. The van der Waals surface area contributed by atoms with Crippen LogP contribution in [0.3, 0.4) is 0 Å². The van der Waals surface area contributed by atoms with Crippen molar-refractivity contribution in [1.29, 1.82) is 0 Å². The van der Waals surface area contributed by atoms with Gasteiger partial charge in [-0.05, 0) is 50.3 Å². The number of rotatable bonds is 5. The van der Waals surface area contributed by atoms with Crippen molar-refractivity contribution in [2.24, 2.45) is 11.7 Å². The van der Waals surface area contributed by atoms with Gasteiger partial charge >= 0.3 is 12.2 Å². The van der Waals surface area contributed by atoms with Crippen molar-refractivity contribution in [2.45, 2.75) is 50.5 Å². The van der Waals surface area contributed by atoms with E-state index in [1.165, 1.54) is 21.9 Å². The first-order chi connectivity index (χ1) is 14.3. The highest BCUT2D eigenvalue weighted by Crippen LogP contribution is 2.45. The number of carbonyl (C=O) groups excluding carboxylic acids is 2. The topological polar surface area (TPSA) is 78.7 Å². The van der Waals surface area contributed by atoms with E-state index in [1.807, 2.05) is 0 Å². The predicted molar refractivity (Wildman–Crippen MR) is 107 cm³/mol. The SMILES string of the molecule is C[C@@H]1C[C@@H](CN2CC(C(N)=O)NC2=O)C[C@](C)(c2ccc(F)c(Cl)c2)N1CC(F)(F)F. The summed E-state index contributed by atoms with van der Waals surface area (Å²) >= 11 is 5.93. The van der Waals surface area contributed by atoms with Crippen LogP contribution in [0.1, 0.15) is 32.3 Å². The summed E-state index contributed by atoms with van der Waals surface area (Å²) < 4.78 is 53.8. The van der Waals surface area contributed by atoms with E-state index in [-0.39, 0.29) is 24.0 Å². The van der Waals surface area contributed by atoms with Crippen LogP contribution in [0.5, 0.6) is 0 Å². The van der Waals surface area contributed by atoms with E-state index in [4.69, 9.17) is 17.3 Å². The number of hydrogen-bond donors (Lipinski definition) is 2. The Balaban J connectivity index is 1.89. The molecule has 2 aliphatic rings. The van der Waals surface area contributed by atoms with E-state index in [0.717, 1.165) is 6.07 Å². The first kappa shape index (κ1) is 23.6. The Labute approximate surface area is 182 Å². The van der Waals surface area contributed by atoms with Crippen LogP contribution in [-0.2, 0) is 10.3 Å². The maximum atomic E-state index is 13.7. The summed E-state index contributed by atoms with van der Waals surface area (Å²) in [6, 6.07) is 2.27. The number of alkyl halides is 3. The molecule has 6 nitrogen and oxygen atoms in total. The van der Waals surface area contributed by atoms with E-state index in [0.29, 0.717) is 18.4 Å². The number of nitrogens with zero attached hydrogens (tertiary/aromatic N) is 2. The van der Waals surface area contributed by atoms with Gasteiger partial charge in [0.2, 0.25) is 5.91 Å². The molecule has 31 heavy (non-hydrogen) atoms. The molecule has 2 saturated heterocycles. The van der Waals surface area contributed by atoms with Crippen molar-refractivity contribution in [3.8, 4) is 0 Å². The number of piperidine rings is 1. The Kier molecular flexibility index (Phi) is 6.44. The number of amides is 3. The summed E-state index contributed by atoms with van der Waals surface area (Å²) in [4.78, 5) is 26.4. The van der Waals surface area contributed by atoms with Gasteiger partial charge in [0.25, 0.3) is 0 Å². The second-order valence-corrected chi connectivity index (χ2v) is 9.02. The van der Waals surface area contributed by atoms with Crippen LogP contribution in [0.4, 0.5) is 22.4 Å². The second kappa shape index (κ2) is 8.46. The predicted octanol–water partition coefficient (Wildman–Crippen LogP) is 3.24. The Hall–Kier alpha value is -2.07. The standard InChI is InChI=1S/C20H25ClF4N4O2/c1-11-5-12(8-28-9-16(17(26)30)27-18(28)31)7-19(2,29(11)10-20(23,24)25)13-3-4-15(22)14(21)6-13/h3-4,6,11-12,16H,5,7-10H2,1-2H3,(H2,26,30)(H,27,31)/t11-,12-,16?,19-/m1/s1. The molecule has 3 N–H and O–H groups in total. The minimum atomic E-state index is -4.42. The molecule has 0 spiro atoms. The fourth-order valence-corrected chi connectivity index (χ4v) is 5.04.